The molecule has 4 nitrogen and oxygen atoms in total. The fourth-order valence-corrected chi connectivity index (χ4v) is 15.3. The predicted molar refractivity (Wildman–Crippen MR) is 336 cm³/mol. The fourth-order valence-electron chi connectivity index (χ4n) is 15.3. The summed E-state index contributed by atoms with van der Waals surface area (Å²) in [6.45, 7) is 0. The highest BCUT2D eigenvalue weighted by Gasteiger charge is 2.59. The third-order valence-corrected chi connectivity index (χ3v) is 18.5. The maximum atomic E-state index is 5.83. The van der Waals surface area contributed by atoms with Crippen LogP contribution in [0.3, 0.4) is 0 Å². The second-order valence-corrected chi connectivity index (χ2v) is 22.5. The Kier molecular flexibility index (Phi) is 10.3. The number of fused-ring (bicyclic) bond motifs is 18. The largest absolute Gasteiger partial charge is 0.361 e. The van der Waals surface area contributed by atoms with E-state index in [1.54, 1.807) is 0 Å². The van der Waals surface area contributed by atoms with E-state index in [1.807, 2.05) is 0 Å². The number of hydrogen-bond acceptors (Lipinski definition) is 4. The minimum atomic E-state index is -0.725. The average molecular weight is 1050 g/mol. The molecule has 0 saturated heterocycles. The second-order valence-electron chi connectivity index (χ2n) is 22.5. The van der Waals surface area contributed by atoms with Crippen molar-refractivity contribution in [2.75, 3.05) is 9.80 Å². The van der Waals surface area contributed by atoms with Gasteiger partial charge in [-0.1, -0.05) is 255 Å². The van der Waals surface area contributed by atoms with Crippen molar-refractivity contribution in [3.63, 3.8) is 0 Å². The molecule has 0 bridgehead atoms. The third kappa shape index (κ3) is 6.58. The summed E-state index contributed by atoms with van der Waals surface area (Å²) < 4.78 is 0. The van der Waals surface area contributed by atoms with E-state index in [4.69, 9.17) is 4.98 Å². The Labute approximate surface area is 478 Å². The van der Waals surface area contributed by atoms with Crippen molar-refractivity contribution in [2.45, 2.75) is 22.9 Å². The number of nitrogens with zero attached hydrogens (tertiary/aromatic N) is 3. The number of nitrogens with one attached hydrogen (secondary N) is 1. The van der Waals surface area contributed by atoms with Gasteiger partial charge in [-0.15, -0.1) is 0 Å². The molecule has 0 amide bonds. The lowest BCUT2D eigenvalue weighted by atomic mass is 9.59. The highest BCUT2D eigenvalue weighted by molar-refractivity contribution is 5.99. The zero-order valence-electron chi connectivity index (χ0n) is 44.9. The van der Waals surface area contributed by atoms with Crippen LogP contribution < -0.4 is 15.1 Å². The number of anilines is 5. The molecule has 1 N–H and O–H groups in total. The number of dihydropyridines is 1. The van der Waals surface area contributed by atoms with Crippen LogP contribution in [0.1, 0.15) is 61.6 Å². The summed E-state index contributed by atoms with van der Waals surface area (Å²) in [7, 11) is 0. The van der Waals surface area contributed by atoms with Crippen LogP contribution in [0.4, 0.5) is 28.6 Å². The Morgan fingerprint density at radius 1 is 0.390 bits per heavy atom. The summed E-state index contributed by atoms with van der Waals surface area (Å²) in [5.41, 5.74) is 24.8. The van der Waals surface area contributed by atoms with Gasteiger partial charge < -0.3 is 10.2 Å². The molecule has 4 heterocycles. The summed E-state index contributed by atoms with van der Waals surface area (Å²) in [5, 5.41) is 4.20. The van der Waals surface area contributed by atoms with Crippen molar-refractivity contribution in [3.8, 4) is 33.5 Å². The molecule has 6 aliphatic rings. The Hall–Kier alpha value is -10.3. The minimum Gasteiger partial charge on any atom is -0.361 e. The summed E-state index contributed by atoms with van der Waals surface area (Å²) in [6, 6.07) is 99.3. The van der Waals surface area contributed by atoms with E-state index in [0.717, 1.165) is 62.2 Å². The Morgan fingerprint density at radius 3 is 1.65 bits per heavy atom. The van der Waals surface area contributed by atoms with Crippen LogP contribution >= 0.6 is 0 Å². The van der Waals surface area contributed by atoms with Crippen LogP contribution in [0.25, 0.3) is 44.8 Å². The number of allylic oxidation sites excluding steroid dienone is 6. The number of pyridine rings is 1. The molecule has 10 aromatic carbocycles. The van der Waals surface area contributed by atoms with Gasteiger partial charge in [0.25, 0.3) is 0 Å². The van der Waals surface area contributed by atoms with Gasteiger partial charge >= 0.3 is 0 Å². The van der Waals surface area contributed by atoms with Gasteiger partial charge in [-0.05, 0) is 132 Å². The van der Waals surface area contributed by atoms with Crippen LogP contribution in [0.5, 0.6) is 0 Å². The summed E-state index contributed by atoms with van der Waals surface area (Å²) >= 11 is 0. The molecular formula is C78H54N4. The Balaban J connectivity index is 1.03. The zero-order valence-corrected chi connectivity index (χ0v) is 44.9. The lowest BCUT2D eigenvalue weighted by molar-refractivity contribution is 0.453. The molecule has 0 radical (unpaired) electrons. The van der Waals surface area contributed by atoms with E-state index in [9.17, 15) is 0 Å². The predicted octanol–water partition coefficient (Wildman–Crippen LogP) is 18.2. The third-order valence-electron chi connectivity index (χ3n) is 18.5. The molecule has 4 atom stereocenters. The van der Waals surface area contributed by atoms with Crippen LogP contribution in [-0.4, -0.2) is 11.1 Å². The lowest BCUT2D eigenvalue weighted by Gasteiger charge is -2.51. The lowest BCUT2D eigenvalue weighted by Crippen LogP contribution is -2.48. The van der Waals surface area contributed by atoms with E-state index >= 15 is 0 Å². The highest BCUT2D eigenvalue weighted by Crippen LogP contribution is 2.69. The monoisotopic (exact) mass is 1050 g/mol. The first-order valence-electron chi connectivity index (χ1n) is 28.7. The molecule has 11 aromatic rings. The number of aromatic nitrogens is 1. The van der Waals surface area contributed by atoms with Crippen molar-refractivity contribution in [3.05, 3.63) is 359 Å². The second kappa shape index (κ2) is 18.1. The maximum Gasteiger partial charge on any atom is 0.138 e. The summed E-state index contributed by atoms with van der Waals surface area (Å²) in [6.07, 6.45) is 14.0. The number of para-hydroxylation sites is 2. The van der Waals surface area contributed by atoms with Crippen molar-refractivity contribution in [2.24, 2.45) is 5.92 Å². The van der Waals surface area contributed by atoms with E-state index in [0.29, 0.717) is 0 Å². The zero-order chi connectivity index (χ0) is 53.9. The van der Waals surface area contributed by atoms with Crippen molar-refractivity contribution in [1.82, 2.24) is 10.3 Å². The first-order chi connectivity index (χ1) is 40.7. The molecule has 0 saturated carbocycles. The van der Waals surface area contributed by atoms with Gasteiger partial charge in [0.05, 0.1) is 27.9 Å². The molecule has 386 valence electrons. The van der Waals surface area contributed by atoms with Crippen LogP contribution in [0.2, 0.25) is 0 Å². The smallest absolute Gasteiger partial charge is 0.138 e. The van der Waals surface area contributed by atoms with E-state index in [1.165, 1.54) is 66.8 Å². The minimum absolute atomic E-state index is 0.0645. The number of benzene rings is 10. The molecule has 1 aromatic heterocycles. The quantitative estimate of drug-likeness (QED) is 0.180. The standard InChI is InChI=1S/C78H54N4/c1-5-25-51(26-6-1)55-45-69(53-29-9-3-10-30-53)79-75(47-55)81-71-43-23-21-41-65(71)77(61-37-17-13-33-57(61)58-34-14-18-38-62(58)77)67-50-74-68(49-73(67)81)78(63-39-19-15-35-59(63)60-36-16-20-40-64(60)78)66-42-22-24-44-72(66)82(74)76-48-56(52-27-7-2-8-28-52)46-70(80-76)54-31-11-4-12-32-54/h1-50,57,61,76,80H. The fraction of sp³-hybridized carbons (Fsp3) is 0.0641. The molecule has 82 heavy (non-hydrogen) atoms. The molecule has 4 unspecified atom stereocenters. The highest BCUT2D eigenvalue weighted by atomic mass is 15.3. The van der Waals surface area contributed by atoms with Gasteiger partial charge in [-0.3, -0.25) is 4.90 Å². The topological polar surface area (TPSA) is 31.4 Å². The summed E-state index contributed by atoms with van der Waals surface area (Å²) in [4.78, 5) is 11.0. The van der Waals surface area contributed by atoms with E-state index in [-0.39, 0.29) is 18.0 Å². The van der Waals surface area contributed by atoms with Crippen molar-refractivity contribution in [1.29, 1.82) is 0 Å². The Bertz CT molecular complexity index is 4410. The molecular weight excluding hydrogens is 993 g/mol. The van der Waals surface area contributed by atoms with Gasteiger partial charge in [-0.25, -0.2) is 4.98 Å². The molecule has 17 rings (SSSR count). The normalized spacial score (nSPS) is 19.6. The first kappa shape index (κ1) is 46.6. The number of hydrogen-bond donors (Lipinski definition) is 1. The van der Waals surface area contributed by atoms with Crippen molar-refractivity contribution >= 4 is 39.8 Å². The molecule has 4 heteroatoms. The van der Waals surface area contributed by atoms with Gasteiger partial charge in [0.2, 0.25) is 0 Å². The van der Waals surface area contributed by atoms with Gasteiger partial charge in [-0.2, -0.15) is 0 Å². The van der Waals surface area contributed by atoms with Crippen LogP contribution in [0.15, 0.2) is 303 Å². The van der Waals surface area contributed by atoms with Crippen LogP contribution in [0, 0.1) is 5.92 Å². The molecule has 0 fully saturated rings. The number of rotatable bonds is 6. The molecule has 3 aliphatic heterocycles. The van der Waals surface area contributed by atoms with Crippen molar-refractivity contribution < 1.29 is 0 Å². The van der Waals surface area contributed by atoms with Crippen LogP contribution in [-0.2, 0) is 10.8 Å². The molecule has 2 spiro atoms. The Morgan fingerprint density at radius 2 is 0.939 bits per heavy atom. The summed E-state index contributed by atoms with van der Waals surface area (Å²) in [5.74, 6) is 1.08. The van der Waals surface area contributed by atoms with Gasteiger partial charge in [0.1, 0.15) is 12.0 Å². The first-order valence-corrected chi connectivity index (χ1v) is 28.7. The van der Waals surface area contributed by atoms with Gasteiger partial charge in [0, 0.05) is 34.5 Å². The van der Waals surface area contributed by atoms with E-state index < -0.39 is 10.8 Å². The molecule has 3 aliphatic carbocycles. The van der Waals surface area contributed by atoms with E-state index in [2.05, 4.69) is 318 Å². The van der Waals surface area contributed by atoms with Gasteiger partial charge in [0.15, 0.2) is 0 Å². The average Bonchev–Trinajstić information content (AvgIpc) is 1.96. The maximum absolute atomic E-state index is 5.83. The SMILES string of the molecule is C1=CC2c3ccccc3C3(c4ccccc4N(c4cc(-c5ccccc5)cc(-c5ccccc5)n4)c4cc5c(cc43)N(C3C=C(c4ccccc4)C=C(c4ccccc4)N3)c3ccccc3C53c4ccccc4-c4ccccc43)C2C=C1.